The zero-order valence-electron chi connectivity index (χ0n) is 10.3. The van der Waals surface area contributed by atoms with Gasteiger partial charge in [0.2, 0.25) is 0 Å². The Hall–Kier alpha value is -1.39. The minimum atomic E-state index is 0.765. The largest absolute Gasteiger partial charge is 0.496 e. The molecule has 0 spiro atoms. The molecule has 1 fully saturated rings. The summed E-state index contributed by atoms with van der Waals surface area (Å²) < 4.78 is 5.38. The molecule has 1 aliphatic rings. The maximum absolute atomic E-state index is 5.38. The predicted octanol–water partition coefficient (Wildman–Crippen LogP) is 2.58. The van der Waals surface area contributed by atoms with Crippen LogP contribution < -0.4 is 10.1 Å². The average molecular weight is 260 g/mol. The molecule has 1 N–H and O–H groups in total. The smallest absolute Gasteiger partial charge is 0.128 e. The van der Waals surface area contributed by atoms with E-state index in [0.29, 0.717) is 0 Å². The number of rotatable bonds is 4. The molecule has 0 unspecified atom stereocenters. The van der Waals surface area contributed by atoms with E-state index in [0.717, 1.165) is 42.4 Å². The van der Waals surface area contributed by atoms with Gasteiger partial charge in [0, 0.05) is 17.4 Å². The molecule has 18 heavy (non-hydrogen) atoms. The van der Waals surface area contributed by atoms with Crippen LogP contribution in [0.25, 0.3) is 11.3 Å². The van der Waals surface area contributed by atoms with Crippen molar-refractivity contribution in [2.24, 2.45) is 5.92 Å². The van der Waals surface area contributed by atoms with Gasteiger partial charge in [-0.25, -0.2) is 4.98 Å². The Bertz CT molecular complexity index is 534. The SMILES string of the molecule is COc1ccccc1-c1csc(CC2CNC2)n1. The Balaban J connectivity index is 1.83. The summed E-state index contributed by atoms with van der Waals surface area (Å²) in [7, 11) is 1.70. The van der Waals surface area contributed by atoms with Crippen LogP contribution in [0.1, 0.15) is 5.01 Å². The zero-order chi connectivity index (χ0) is 12.4. The Morgan fingerprint density at radius 3 is 2.94 bits per heavy atom. The molecule has 1 aromatic carbocycles. The van der Waals surface area contributed by atoms with E-state index in [4.69, 9.17) is 9.72 Å². The first kappa shape index (κ1) is 11.7. The van der Waals surface area contributed by atoms with Gasteiger partial charge in [-0.15, -0.1) is 11.3 Å². The van der Waals surface area contributed by atoms with E-state index in [9.17, 15) is 0 Å². The lowest BCUT2D eigenvalue weighted by Gasteiger charge is -2.25. The second-order valence-electron chi connectivity index (χ2n) is 4.56. The van der Waals surface area contributed by atoms with E-state index in [-0.39, 0.29) is 0 Å². The molecule has 1 aromatic heterocycles. The van der Waals surface area contributed by atoms with Crippen molar-refractivity contribution in [2.75, 3.05) is 20.2 Å². The molecule has 1 saturated heterocycles. The van der Waals surface area contributed by atoms with Crippen LogP contribution in [-0.2, 0) is 6.42 Å². The molecular weight excluding hydrogens is 244 g/mol. The van der Waals surface area contributed by atoms with Crippen molar-refractivity contribution < 1.29 is 4.74 Å². The molecule has 0 radical (unpaired) electrons. The van der Waals surface area contributed by atoms with Crippen molar-refractivity contribution in [3.05, 3.63) is 34.7 Å². The highest BCUT2D eigenvalue weighted by molar-refractivity contribution is 7.09. The number of ether oxygens (including phenoxy) is 1. The van der Waals surface area contributed by atoms with Crippen molar-refractivity contribution in [1.29, 1.82) is 0 Å². The molecule has 0 atom stereocenters. The minimum Gasteiger partial charge on any atom is -0.496 e. The van der Waals surface area contributed by atoms with Gasteiger partial charge in [-0.05, 0) is 31.1 Å². The third kappa shape index (κ3) is 2.26. The minimum absolute atomic E-state index is 0.765. The van der Waals surface area contributed by atoms with E-state index in [1.54, 1.807) is 18.4 Å². The molecule has 0 bridgehead atoms. The standard InChI is InChI=1S/C14H16N2OS/c1-17-13-5-3-2-4-11(13)12-9-18-14(16-12)6-10-7-15-8-10/h2-5,9-10,15H,6-8H2,1H3. The quantitative estimate of drug-likeness (QED) is 0.917. The van der Waals surface area contributed by atoms with E-state index >= 15 is 0 Å². The summed E-state index contributed by atoms with van der Waals surface area (Å²) in [6, 6.07) is 8.04. The normalized spacial score (nSPS) is 15.4. The summed E-state index contributed by atoms with van der Waals surface area (Å²) in [5, 5.41) is 6.64. The van der Waals surface area contributed by atoms with E-state index in [2.05, 4.69) is 16.8 Å². The number of benzene rings is 1. The van der Waals surface area contributed by atoms with Crippen LogP contribution in [0, 0.1) is 5.92 Å². The highest BCUT2D eigenvalue weighted by atomic mass is 32.1. The number of nitrogens with zero attached hydrogens (tertiary/aromatic N) is 1. The third-order valence-electron chi connectivity index (χ3n) is 3.26. The monoisotopic (exact) mass is 260 g/mol. The van der Waals surface area contributed by atoms with Crippen LogP contribution in [0.4, 0.5) is 0 Å². The maximum Gasteiger partial charge on any atom is 0.128 e. The molecule has 94 valence electrons. The maximum atomic E-state index is 5.38. The van der Waals surface area contributed by atoms with Crippen molar-refractivity contribution >= 4 is 11.3 Å². The van der Waals surface area contributed by atoms with Gasteiger partial charge in [0.05, 0.1) is 17.8 Å². The number of methoxy groups -OCH3 is 1. The molecule has 4 heteroatoms. The Kier molecular flexibility index (Phi) is 3.30. The predicted molar refractivity (Wildman–Crippen MR) is 74.2 cm³/mol. The summed E-state index contributed by atoms with van der Waals surface area (Å²) >= 11 is 1.75. The van der Waals surface area contributed by atoms with E-state index in [1.165, 1.54) is 5.01 Å². The average Bonchev–Trinajstić information content (AvgIpc) is 2.82. The number of hydrogen-bond acceptors (Lipinski definition) is 4. The van der Waals surface area contributed by atoms with Gasteiger partial charge in [0.15, 0.2) is 0 Å². The van der Waals surface area contributed by atoms with Crippen molar-refractivity contribution in [2.45, 2.75) is 6.42 Å². The van der Waals surface area contributed by atoms with Crippen LogP contribution in [0.5, 0.6) is 5.75 Å². The molecule has 1 aliphatic heterocycles. The summed E-state index contributed by atoms with van der Waals surface area (Å²) in [4.78, 5) is 4.72. The Morgan fingerprint density at radius 2 is 2.22 bits per heavy atom. The van der Waals surface area contributed by atoms with Crippen molar-refractivity contribution in [3.63, 3.8) is 0 Å². The number of hydrogen-bond donors (Lipinski definition) is 1. The second-order valence-corrected chi connectivity index (χ2v) is 5.50. The first-order valence-electron chi connectivity index (χ1n) is 6.15. The zero-order valence-corrected chi connectivity index (χ0v) is 11.2. The van der Waals surface area contributed by atoms with Gasteiger partial charge >= 0.3 is 0 Å². The van der Waals surface area contributed by atoms with Crippen molar-refractivity contribution in [3.8, 4) is 17.0 Å². The summed E-state index contributed by atoms with van der Waals surface area (Å²) in [5.41, 5.74) is 2.11. The van der Waals surface area contributed by atoms with E-state index < -0.39 is 0 Å². The van der Waals surface area contributed by atoms with Crippen LogP contribution in [-0.4, -0.2) is 25.2 Å². The lowest BCUT2D eigenvalue weighted by atomic mass is 10.0. The lowest BCUT2D eigenvalue weighted by molar-refractivity contribution is 0.346. The van der Waals surface area contributed by atoms with E-state index in [1.807, 2.05) is 18.2 Å². The van der Waals surface area contributed by atoms with Gasteiger partial charge in [-0.2, -0.15) is 0 Å². The van der Waals surface area contributed by atoms with Crippen LogP contribution in [0.3, 0.4) is 0 Å². The third-order valence-corrected chi connectivity index (χ3v) is 4.14. The molecular formula is C14H16N2OS. The summed E-state index contributed by atoms with van der Waals surface area (Å²) in [6.45, 7) is 2.26. The second kappa shape index (κ2) is 5.08. The number of nitrogens with one attached hydrogen (secondary N) is 1. The summed E-state index contributed by atoms with van der Waals surface area (Å²) in [6.07, 6.45) is 1.09. The lowest BCUT2D eigenvalue weighted by Crippen LogP contribution is -2.43. The van der Waals surface area contributed by atoms with Gasteiger partial charge in [-0.3, -0.25) is 0 Å². The van der Waals surface area contributed by atoms with Crippen LogP contribution in [0.15, 0.2) is 29.6 Å². The van der Waals surface area contributed by atoms with Crippen LogP contribution in [0.2, 0.25) is 0 Å². The van der Waals surface area contributed by atoms with Gasteiger partial charge in [-0.1, -0.05) is 12.1 Å². The number of aromatic nitrogens is 1. The molecule has 3 rings (SSSR count). The fourth-order valence-electron chi connectivity index (χ4n) is 2.12. The molecule has 0 saturated carbocycles. The first-order valence-corrected chi connectivity index (χ1v) is 7.03. The first-order chi connectivity index (χ1) is 8.86. The van der Waals surface area contributed by atoms with Crippen molar-refractivity contribution in [1.82, 2.24) is 10.3 Å². The Labute approximate surface area is 111 Å². The number of thiazole rings is 1. The van der Waals surface area contributed by atoms with Gasteiger partial charge < -0.3 is 10.1 Å². The molecule has 0 amide bonds. The Morgan fingerprint density at radius 1 is 1.39 bits per heavy atom. The topological polar surface area (TPSA) is 34.1 Å². The molecule has 2 heterocycles. The number of para-hydroxylation sites is 1. The van der Waals surface area contributed by atoms with Gasteiger partial charge in [0.1, 0.15) is 5.75 Å². The van der Waals surface area contributed by atoms with Crippen LogP contribution >= 0.6 is 11.3 Å². The highest BCUT2D eigenvalue weighted by Crippen LogP contribution is 2.31. The fourth-order valence-corrected chi connectivity index (χ4v) is 3.03. The molecule has 3 nitrogen and oxygen atoms in total. The summed E-state index contributed by atoms with van der Waals surface area (Å²) in [5.74, 6) is 1.65. The molecule has 0 aliphatic carbocycles. The fraction of sp³-hybridized carbons (Fsp3) is 0.357. The highest BCUT2D eigenvalue weighted by Gasteiger charge is 2.19. The van der Waals surface area contributed by atoms with Gasteiger partial charge in [0.25, 0.3) is 0 Å². The molecule has 2 aromatic rings.